The van der Waals surface area contributed by atoms with E-state index in [0.29, 0.717) is 35.7 Å². The number of nitrogens with two attached hydrogens (primary N) is 1. The third kappa shape index (κ3) is 4.20. The number of aromatic nitrogens is 4. The molecule has 10 heteroatoms. The molecule has 1 aliphatic heterocycles. The summed E-state index contributed by atoms with van der Waals surface area (Å²) in [6, 6.07) is 6.08. The normalized spacial score (nSPS) is 13.3. The molecule has 31 heavy (non-hydrogen) atoms. The number of ether oxygens (including phenoxy) is 1. The Morgan fingerprint density at radius 1 is 1.32 bits per heavy atom. The van der Waals surface area contributed by atoms with Crippen molar-refractivity contribution in [1.29, 1.82) is 0 Å². The van der Waals surface area contributed by atoms with Gasteiger partial charge in [-0.1, -0.05) is 6.07 Å². The zero-order valence-corrected chi connectivity index (χ0v) is 16.5. The lowest BCUT2D eigenvalue weighted by Gasteiger charge is -2.40. The Balaban J connectivity index is 1.58. The number of carbonyl (C=O) groups is 1. The average Bonchev–Trinajstić information content (AvgIpc) is 2.71. The van der Waals surface area contributed by atoms with Gasteiger partial charge in [0, 0.05) is 25.0 Å². The van der Waals surface area contributed by atoms with Gasteiger partial charge in [-0.15, -0.1) is 6.42 Å². The van der Waals surface area contributed by atoms with E-state index in [9.17, 15) is 9.18 Å². The Bertz CT molecular complexity index is 1190. The average molecular weight is 419 g/mol. The number of halogens is 1. The van der Waals surface area contributed by atoms with E-state index in [1.807, 2.05) is 10.8 Å². The number of nitrogens with one attached hydrogen (secondary N) is 1. The molecule has 3 aromatic rings. The van der Waals surface area contributed by atoms with Crippen LogP contribution in [-0.4, -0.2) is 45.0 Å². The van der Waals surface area contributed by atoms with Gasteiger partial charge in [-0.05, 0) is 36.6 Å². The van der Waals surface area contributed by atoms with Crippen molar-refractivity contribution < 1.29 is 13.9 Å². The summed E-state index contributed by atoms with van der Waals surface area (Å²) in [6.07, 6.45) is 7.95. The topological polar surface area (TPSA) is 119 Å². The Labute approximate surface area is 177 Å². The number of anilines is 2. The quantitative estimate of drug-likeness (QED) is 0.600. The van der Waals surface area contributed by atoms with Crippen LogP contribution < -0.4 is 20.7 Å². The van der Waals surface area contributed by atoms with Gasteiger partial charge in [-0.25, -0.2) is 24.3 Å². The smallest absolute Gasteiger partial charge is 0.322 e. The SMILES string of the molecule is C#CC(=O)NC1CN(c2ncnc(N)c2-c2ccc(Oc3nccc(C)n3)c(F)c2)C1. The van der Waals surface area contributed by atoms with E-state index in [1.165, 1.54) is 24.7 Å². The third-order valence-corrected chi connectivity index (χ3v) is 4.70. The summed E-state index contributed by atoms with van der Waals surface area (Å²) in [5.74, 6) is 1.66. The van der Waals surface area contributed by atoms with Crippen LogP contribution in [0.4, 0.5) is 16.0 Å². The van der Waals surface area contributed by atoms with Crippen LogP contribution in [0, 0.1) is 25.1 Å². The van der Waals surface area contributed by atoms with E-state index < -0.39 is 11.7 Å². The van der Waals surface area contributed by atoms with Crippen molar-refractivity contribution in [3.8, 4) is 35.2 Å². The van der Waals surface area contributed by atoms with Crippen LogP contribution >= 0.6 is 0 Å². The number of benzene rings is 1. The van der Waals surface area contributed by atoms with Crippen LogP contribution in [0.3, 0.4) is 0 Å². The Kier molecular flexibility index (Phi) is 5.32. The molecule has 3 heterocycles. The number of amides is 1. The molecule has 1 amide bonds. The highest BCUT2D eigenvalue weighted by Crippen LogP contribution is 2.37. The van der Waals surface area contributed by atoms with E-state index in [0.717, 1.165) is 0 Å². The molecule has 3 N–H and O–H groups in total. The number of rotatable bonds is 5. The highest BCUT2D eigenvalue weighted by atomic mass is 19.1. The van der Waals surface area contributed by atoms with Gasteiger partial charge in [0.05, 0.1) is 11.6 Å². The molecule has 0 aliphatic carbocycles. The van der Waals surface area contributed by atoms with E-state index in [1.54, 1.807) is 19.1 Å². The molecule has 0 unspecified atom stereocenters. The van der Waals surface area contributed by atoms with Gasteiger partial charge in [-0.3, -0.25) is 4.79 Å². The zero-order valence-electron chi connectivity index (χ0n) is 16.5. The first-order valence-electron chi connectivity index (χ1n) is 9.34. The number of terminal acetylenes is 1. The van der Waals surface area contributed by atoms with Crippen molar-refractivity contribution in [2.45, 2.75) is 13.0 Å². The Morgan fingerprint density at radius 2 is 2.13 bits per heavy atom. The molecule has 1 aliphatic rings. The molecule has 9 nitrogen and oxygen atoms in total. The van der Waals surface area contributed by atoms with Gasteiger partial charge in [-0.2, -0.15) is 0 Å². The summed E-state index contributed by atoms with van der Waals surface area (Å²) in [5.41, 5.74) is 7.76. The van der Waals surface area contributed by atoms with Crippen molar-refractivity contribution in [2.75, 3.05) is 23.7 Å². The fraction of sp³-hybridized carbons (Fsp3) is 0.190. The zero-order chi connectivity index (χ0) is 22.0. The molecular formula is C21H18FN7O2. The maximum atomic E-state index is 14.8. The molecule has 2 aromatic heterocycles. The van der Waals surface area contributed by atoms with E-state index in [2.05, 4.69) is 25.3 Å². The third-order valence-electron chi connectivity index (χ3n) is 4.70. The first-order chi connectivity index (χ1) is 14.9. The molecule has 156 valence electrons. The molecule has 0 radical (unpaired) electrons. The van der Waals surface area contributed by atoms with Gasteiger partial charge < -0.3 is 20.7 Å². The van der Waals surface area contributed by atoms with Gasteiger partial charge in [0.15, 0.2) is 11.6 Å². The molecule has 1 fully saturated rings. The number of carbonyl (C=O) groups excluding carboxylic acids is 1. The maximum absolute atomic E-state index is 14.8. The molecule has 0 atom stereocenters. The maximum Gasteiger partial charge on any atom is 0.322 e. The van der Waals surface area contributed by atoms with Crippen molar-refractivity contribution in [3.05, 3.63) is 48.3 Å². The first kappa shape index (κ1) is 20.0. The molecule has 0 spiro atoms. The largest absolute Gasteiger partial charge is 0.421 e. The lowest BCUT2D eigenvalue weighted by atomic mass is 10.0. The summed E-state index contributed by atoms with van der Waals surface area (Å²) >= 11 is 0. The second kappa shape index (κ2) is 8.23. The summed E-state index contributed by atoms with van der Waals surface area (Å²) in [4.78, 5) is 29.7. The standard InChI is InChI=1S/C21H18FN7O2/c1-3-17(30)28-14-9-29(10-14)20-18(19(23)25-11-26-20)13-4-5-16(15(22)8-13)31-21-24-7-6-12(2)27-21/h1,4-8,11,14H,9-10H2,2H3,(H,28,30)(H2,23,25,26). The summed E-state index contributed by atoms with van der Waals surface area (Å²) in [7, 11) is 0. The Hall–Kier alpha value is -4.26. The summed E-state index contributed by atoms with van der Waals surface area (Å²) in [6.45, 7) is 2.77. The lowest BCUT2D eigenvalue weighted by Crippen LogP contribution is -2.59. The molecule has 1 aromatic carbocycles. The van der Waals surface area contributed by atoms with Crippen molar-refractivity contribution in [3.63, 3.8) is 0 Å². The summed E-state index contributed by atoms with van der Waals surface area (Å²) in [5, 5.41) is 2.70. The van der Waals surface area contributed by atoms with Crippen LogP contribution in [0.5, 0.6) is 11.8 Å². The van der Waals surface area contributed by atoms with Crippen LogP contribution in [0.1, 0.15) is 5.69 Å². The van der Waals surface area contributed by atoms with E-state index in [4.69, 9.17) is 16.9 Å². The monoisotopic (exact) mass is 419 g/mol. The molecule has 0 bridgehead atoms. The molecule has 0 saturated carbocycles. The minimum atomic E-state index is -0.612. The van der Waals surface area contributed by atoms with Crippen molar-refractivity contribution in [1.82, 2.24) is 25.3 Å². The van der Waals surface area contributed by atoms with Gasteiger partial charge in [0.25, 0.3) is 5.91 Å². The predicted molar refractivity (Wildman–Crippen MR) is 112 cm³/mol. The second-order valence-electron chi connectivity index (χ2n) is 6.91. The summed E-state index contributed by atoms with van der Waals surface area (Å²) < 4.78 is 20.2. The number of hydrogen-bond acceptors (Lipinski definition) is 8. The number of aryl methyl sites for hydroxylation is 1. The highest BCUT2D eigenvalue weighted by molar-refractivity contribution is 5.93. The minimum Gasteiger partial charge on any atom is -0.421 e. The number of hydrogen-bond donors (Lipinski definition) is 2. The van der Waals surface area contributed by atoms with E-state index in [-0.39, 0.29) is 23.6 Å². The van der Waals surface area contributed by atoms with Crippen LogP contribution in [0.2, 0.25) is 0 Å². The van der Waals surface area contributed by atoms with Gasteiger partial charge >= 0.3 is 6.01 Å². The fourth-order valence-corrected chi connectivity index (χ4v) is 3.19. The van der Waals surface area contributed by atoms with Crippen LogP contribution in [-0.2, 0) is 4.79 Å². The van der Waals surface area contributed by atoms with E-state index >= 15 is 0 Å². The van der Waals surface area contributed by atoms with Crippen molar-refractivity contribution >= 4 is 17.5 Å². The molecular weight excluding hydrogens is 401 g/mol. The van der Waals surface area contributed by atoms with Crippen molar-refractivity contribution in [2.24, 2.45) is 0 Å². The predicted octanol–water partition coefficient (Wildman–Crippen LogP) is 1.69. The van der Waals surface area contributed by atoms with Gasteiger partial charge in [0.1, 0.15) is 18.0 Å². The molecule has 1 saturated heterocycles. The number of nitrogens with zero attached hydrogens (tertiary/aromatic N) is 5. The first-order valence-corrected chi connectivity index (χ1v) is 9.34. The Morgan fingerprint density at radius 3 is 2.84 bits per heavy atom. The minimum absolute atomic E-state index is 0.0210. The second-order valence-corrected chi connectivity index (χ2v) is 6.91. The highest BCUT2D eigenvalue weighted by Gasteiger charge is 2.31. The number of nitrogen functional groups attached to an aromatic ring is 1. The van der Waals surface area contributed by atoms with Crippen LogP contribution in [0.25, 0.3) is 11.1 Å². The van der Waals surface area contributed by atoms with Crippen LogP contribution in [0.15, 0.2) is 36.8 Å². The van der Waals surface area contributed by atoms with Gasteiger partial charge in [0.2, 0.25) is 0 Å². The fourth-order valence-electron chi connectivity index (χ4n) is 3.19. The lowest BCUT2D eigenvalue weighted by molar-refractivity contribution is -0.116. The molecule has 4 rings (SSSR count).